The Balaban J connectivity index is 2.91. The molecule has 1 aromatic carbocycles. The molecule has 0 fully saturated rings. The zero-order chi connectivity index (χ0) is 60.2. The van der Waals surface area contributed by atoms with Crippen molar-refractivity contribution in [2.45, 2.75) is 303 Å². The summed E-state index contributed by atoms with van der Waals surface area (Å²) in [5.74, 6) is -1.45. The van der Waals surface area contributed by atoms with E-state index >= 15 is 0 Å². The topological polar surface area (TPSA) is 205 Å². The summed E-state index contributed by atoms with van der Waals surface area (Å²) in [6.45, 7) is 12.6. The standard InChI is InChI=1S/C66H119N4O11P/c1-7-10-13-16-19-22-25-28-33-41-56(4)52-61(71)69-58(55-78-63(73)46-38-32-39-49-68-66(76)79-54-57-42-34-31-35-43-57)44-40-50-67-65(75)60(48-51-80-82(5,6)77)70-62(72)53-59(45-36-29-26-23-20-17-14-11-8-2)81-64(74)47-37-30-27-24-21-18-15-12-9-3/h31,34-35,42-43,56,58-60H,7-30,32-33,36-41,44-55H2,1-6H3,(H,67,75)(H,68,76)(H,69,71)(H,70,72)/t56-,58-,59-,60+/m1/s1. The fraction of sp³-hybridized carbons (Fsp3) is 0.818. The highest BCUT2D eigenvalue weighted by Crippen LogP contribution is 2.37. The van der Waals surface area contributed by atoms with Crippen LogP contribution in [0.1, 0.15) is 284 Å². The van der Waals surface area contributed by atoms with Crippen molar-refractivity contribution in [3.05, 3.63) is 35.9 Å². The number of hydrogen-bond donors (Lipinski definition) is 4. The molecule has 0 aliphatic carbocycles. The van der Waals surface area contributed by atoms with Gasteiger partial charge >= 0.3 is 18.0 Å². The molecule has 82 heavy (non-hydrogen) atoms. The van der Waals surface area contributed by atoms with Gasteiger partial charge in [0.2, 0.25) is 17.7 Å². The van der Waals surface area contributed by atoms with E-state index in [2.05, 4.69) is 49.0 Å². The van der Waals surface area contributed by atoms with Crippen LogP contribution in [0.3, 0.4) is 0 Å². The van der Waals surface area contributed by atoms with Crippen LogP contribution >= 0.6 is 7.37 Å². The second-order valence-electron chi connectivity index (χ2n) is 23.6. The lowest BCUT2D eigenvalue weighted by atomic mass is 9.98. The Morgan fingerprint density at radius 2 is 0.988 bits per heavy atom. The van der Waals surface area contributed by atoms with Crippen molar-refractivity contribution in [3.63, 3.8) is 0 Å². The number of amides is 4. The van der Waals surface area contributed by atoms with Crippen LogP contribution in [0.2, 0.25) is 0 Å². The summed E-state index contributed by atoms with van der Waals surface area (Å²) in [5, 5.41) is 11.7. The summed E-state index contributed by atoms with van der Waals surface area (Å²) in [5.41, 5.74) is 0.903. The SMILES string of the molecule is CCCCCCCCCCCC(=O)O[C@H](CCCCCCCCCCC)CC(=O)N[C@@H](CCOP(C)(C)=O)C(=O)NCCC[C@H](COC(=O)CCCCCNC(=O)OCc1ccccc1)NC(=O)C[C@H](C)CCCCCCCCCCC. The fourth-order valence-corrected chi connectivity index (χ4v) is 10.6. The normalized spacial score (nSPS) is 12.9. The molecule has 1 aromatic rings. The number of carbonyl (C=O) groups excluding carboxylic acids is 6. The highest BCUT2D eigenvalue weighted by atomic mass is 31.2. The summed E-state index contributed by atoms with van der Waals surface area (Å²) in [6, 6.07) is 7.96. The zero-order valence-corrected chi connectivity index (χ0v) is 53.6. The first kappa shape index (κ1) is 76.0. The molecule has 4 amide bonds. The maximum Gasteiger partial charge on any atom is 0.407 e. The summed E-state index contributed by atoms with van der Waals surface area (Å²) in [6.07, 6.45) is 35.7. The highest BCUT2D eigenvalue weighted by molar-refractivity contribution is 7.57. The number of ether oxygens (including phenoxy) is 3. The van der Waals surface area contributed by atoms with Crippen LogP contribution in [-0.2, 0) is 53.9 Å². The van der Waals surface area contributed by atoms with Gasteiger partial charge in [-0.05, 0) is 56.4 Å². The molecule has 16 heteroatoms. The highest BCUT2D eigenvalue weighted by Gasteiger charge is 2.26. The Kier molecular flexibility index (Phi) is 48.8. The van der Waals surface area contributed by atoms with Crippen LogP contribution in [0.15, 0.2) is 30.3 Å². The monoisotopic (exact) mass is 1170 g/mol. The first-order valence-electron chi connectivity index (χ1n) is 33.0. The average molecular weight is 1180 g/mol. The van der Waals surface area contributed by atoms with Crippen molar-refractivity contribution in [2.24, 2.45) is 5.92 Å². The molecule has 0 aromatic heterocycles. The number of rotatable bonds is 56. The van der Waals surface area contributed by atoms with E-state index in [-0.39, 0.29) is 69.4 Å². The Morgan fingerprint density at radius 1 is 0.500 bits per heavy atom. The predicted molar refractivity (Wildman–Crippen MR) is 334 cm³/mol. The predicted octanol–water partition coefficient (Wildman–Crippen LogP) is 15.9. The van der Waals surface area contributed by atoms with Gasteiger partial charge in [0.15, 0.2) is 7.37 Å². The first-order valence-corrected chi connectivity index (χ1v) is 35.5. The van der Waals surface area contributed by atoms with E-state index in [9.17, 15) is 33.3 Å². The van der Waals surface area contributed by atoms with E-state index in [1.54, 1.807) is 0 Å². The first-order chi connectivity index (χ1) is 39.6. The van der Waals surface area contributed by atoms with E-state index in [1.807, 2.05) is 30.3 Å². The molecule has 0 unspecified atom stereocenters. The van der Waals surface area contributed by atoms with Crippen molar-refractivity contribution in [1.29, 1.82) is 0 Å². The van der Waals surface area contributed by atoms with Gasteiger partial charge in [0.25, 0.3) is 0 Å². The lowest BCUT2D eigenvalue weighted by molar-refractivity contribution is -0.151. The third kappa shape index (κ3) is 48.4. The van der Waals surface area contributed by atoms with Crippen molar-refractivity contribution in [1.82, 2.24) is 21.3 Å². The van der Waals surface area contributed by atoms with Crippen molar-refractivity contribution in [3.8, 4) is 0 Å². The van der Waals surface area contributed by atoms with Gasteiger partial charge in [-0.1, -0.05) is 231 Å². The van der Waals surface area contributed by atoms with Crippen molar-refractivity contribution < 1.29 is 52.1 Å². The third-order valence-corrected chi connectivity index (χ3v) is 15.8. The summed E-state index contributed by atoms with van der Waals surface area (Å²) in [4.78, 5) is 79.3. The van der Waals surface area contributed by atoms with Crippen LogP contribution in [-0.4, -0.2) is 93.6 Å². The van der Waals surface area contributed by atoms with E-state index in [1.165, 1.54) is 129 Å². The number of unbranched alkanes of at least 4 members (excludes halogenated alkanes) is 26. The molecule has 0 aliphatic rings. The van der Waals surface area contributed by atoms with Gasteiger partial charge in [0.1, 0.15) is 25.4 Å². The van der Waals surface area contributed by atoms with Gasteiger partial charge in [0.05, 0.1) is 19.1 Å². The van der Waals surface area contributed by atoms with Crippen LogP contribution in [0.4, 0.5) is 4.79 Å². The number of benzene rings is 1. The van der Waals surface area contributed by atoms with Gasteiger partial charge < -0.3 is 40.0 Å². The second kappa shape index (κ2) is 52.6. The van der Waals surface area contributed by atoms with Gasteiger partial charge in [-0.15, -0.1) is 0 Å². The Bertz CT molecular complexity index is 1820. The number of nitrogens with one attached hydrogen (secondary N) is 4. The van der Waals surface area contributed by atoms with E-state index in [4.69, 9.17) is 18.7 Å². The molecule has 4 atom stereocenters. The van der Waals surface area contributed by atoms with E-state index < -0.39 is 43.5 Å². The number of alkyl carbamates (subject to hydrolysis) is 1. The number of esters is 2. The Hall–Kier alpha value is -3.97. The Labute approximate surface area is 498 Å². The van der Waals surface area contributed by atoms with Crippen molar-refractivity contribution >= 4 is 43.1 Å². The van der Waals surface area contributed by atoms with Crippen molar-refractivity contribution in [2.75, 3.05) is 39.6 Å². The van der Waals surface area contributed by atoms with E-state index in [0.717, 1.165) is 69.8 Å². The number of carbonyl (C=O) groups is 6. The molecule has 0 saturated heterocycles. The van der Waals surface area contributed by atoms with Gasteiger partial charge in [0, 0.05) is 52.1 Å². The van der Waals surface area contributed by atoms with Gasteiger partial charge in [-0.3, -0.25) is 28.5 Å². The van der Waals surface area contributed by atoms with E-state index in [0.29, 0.717) is 57.9 Å². The Morgan fingerprint density at radius 3 is 1.55 bits per heavy atom. The lowest BCUT2D eigenvalue weighted by Crippen LogP contribution is -2.48. The largest absolute Gasteiger partial charge is 0.463 e. The molecular formula is C66H119N4O11P. The maximum absolute atomic E-state index is 13.8. The second-order valence-corrected chi connectivity index (χ2v) is 26.4. The van der Waals surface area contributed by atoms with Crippen LogP contribution in [0.5, 0.6) is 0 Å². The quantitative estimate of drug-likeness (QED) is 0.0209. The molecule has 4 N–H and O–H groups in total. The molecule has 0 bridgehead atoms. The van der Waals surface area contributed by atoms with Crippen LogP contribution < -0.4 is 21.3 Å². The van der Waals surface area contributed by atoms with Crippen LogP contribution in [0, 0.1) is 5.92 Å². The molecule has 0 heterocycles. The zero-order valence-electron chi connectivity index (χ0n) is 52.7. The average Bonchev–Trinajstić information content (AvgIpc) is 3.45. The van der Waals surface area contributed by atoms with Crippen LogP contribution in [0.25, 0.3) is 0 Å². The summed E-state index contributed by atoms with van der Waals surface area (Å²) >= 11 is 0. The summed E-state index contributed by atoms with van der Waals surface area (Å²) < 4.78 is 35.0. The minimum absolute atomic E-state index is 0.0179. The third-order valence-electron chi connectivity index (χ3n) is 15.0. The molecule has 1 rings (SSSR count). The minimum Gasteiger partial charge on any atom is -0.463 e. The maximum atomic E-state index is 13.8. The molecule has 0 radical (unpaired) electrons. The molecule has 0 spiro atoms. The molecule has 474 valence electrons. The lowest BCUT2D eigenvalue weighted by Gasteiger charge is -2.23. The number of hydrogen-bond acceptors (Lipinski definition) is 11. The molecule has 0 aliphatic heterocycles. The van der Waals surface area contributed by atoms with Gasteiger partial charge in [-0.25, -0.2) is 4.79 Å². The fourth-order valence-electron chi connectivity index (χ4n) is 10.0. The molecule has 0 saturated carbocycles. The molecule has 15 nitrogen and oxygen atoms in total. The summed E-state index contributed by atoms with van der Waals surface area (Å²) in [7, 11) is -2.88. The minimum atomic E-state index is -2.88. The van der Waals surface area contributed by atoms with Gasteiger partial charge in [-0.2, -0.15) is 0 Å². The smallest absolute Gasteiger partial charge is 0.407 e. The molecular weight excluding hydrogens is 1060 g/mol.